The molecule has 0 bridgehead atoms. The summed E-state index contributed by atoms with van der Waals surface area (Å²) in [5.74, 6) is 0.887. The maximum absolute atomic E-state index is 12.7. The van der Waals surface area contributed by atoms with Gasteiger partial charge in [0, 0.05) is 41.1 Å². The largest absolute Gasteiger partial charge is 0.477 e. The number of ether oxygens (including phenoxy) is 1. The lowest BCUT2D eigenvalue weighted by molar-refractivity contribution is 0.0876. The highest BCUT2D eigenvalue weighted by molar-refractivity contribution is 5.87. The highest BCUT2D eigenvalue weighted by Crippen LogP contribution is 2.39. The topological polar surface area (TPSA) is 42.7 Å². The van der Waals surface area contributed by atoms with Crippen molar-refractivity contribution in [3.8, 4) is 5.75 Å². The van der Waals surface area contributed by atoms with Gasteiger partial charge < -0.3 is 9.15 Å². The summed E-state index contributed by atoms with van der Waals surface area (Å²) in [6.07, 6.45) is 3.12. The molecule has 2 aliphatic rings. The van der Waals surface area contributed by atoms with Crippen molar-refractivity contribution >= 4 is 11.0 Å². The molecule has 1 fully saturated rings. The first-order chi connectivity index (χ1) is 13.1. The highest BCUT2D eigenvalue weighted by Gasteiger charge is 2.33. The van der Waals surface area contributed by atoms with Gasteiger partial charge in [0.05, 0.1) is 0 Å². The van der Waals surface area contributed by atoms with Crippen LogP contribution in [0, 0.1) is 13.8 Å². The van der Waals surface area contributed by atoms with Gasteiger partial charge in [-0.3, -0.25) is 4.90 Å². The van der Waals surface area contributed by atoms with Gasteiger partial charge in [0.1, 0.15) is 18.1 Å². The molecule has 138 valence electrons. The van der Waals surface area contributed by atoms with Gasteiger partial charge in [-0.05, 0) is 43.9 Å². The van der Waals surface area contributed by atoms with Gasteiger partial charge in [-0.2, -0.15) is 0 Å². The van der Waals surface area contributed by atoms with Crippen molar-refractivity contribution in [2.75, 3.05) is 6.73 Å². The number of hydrogen-bond donors (Lipinski definition) is 0. The van der Waals surface area contributed by atoms with Crippen LogP contribution in [0.4, 0.5) is 0 Å². The third-order valence-electron chi connectivity index (χ3n) is 5.87. The minimum Gasteiger partial charge on any atom is -0.477 e. The highest BCUT2D eigenvalue weighted by atomic mass is 16.5. The van der Waals surface area contributed by atoms with Gasteiger partial charge in [0.15, 0.2) is 0 Å². The molecule has 0 spiro atoms. The molecular formula is C23H23NO3. The standard InChI is InChI=1S/C23H23NO3/c1-14-19-11-17-12-24(18-8-9-18)13-26-21(17)15(2)22(19)27-23(25)20(14)10-16-6-4-3-5-7-16/h3-7,11,18H,8-10,12-13H2,1-2H3. The Balaban J connectivity index is 1.63. The van der Waals surface area contributed by atoms with Crippen LogP contribution >= 0.6 is 0 Å². The molecule has 5 rings (SSSR count). The Morgan fingerprint density at radius 1 is 1.11 bits per heavy atom. The molecule has 0 radical (unpaired) electrons. The van der Waals surface area contributed by atoms with Crippen molar-refractivity contribution in [1.29, 1.82) is 0 Å². The van der Waals surface area contributed by atoms with E-state index in [1.165, 1.54) is 18.4 Å². The Morgan fingerprint density at radius 2 is 1.89 bits per heavy atom. The average molecular weight is 361 g/mol. The van der Waals surface area contributed by atoms with Crippen molar-refractivity contribution in [3.05, 3.63) is 74.6 Å². The Morgan fingerprint density at radius 3 is 2.63 bits per heavy atom. The van der Waals surface area contributed by atoms with Crippen molar-refractivity contribution in [2.45, 2.75) is 45.7 Å². The molecule has 1 aliphatic carbocycles. The Kier molecular flexibility index (Phi) is 3.83. The second kappa shape index (κ2) is 6.24. The molecule has 1 aliphatic heterocycles. The summed E-state index contributed by atoms with van der Waals surface area (Å²) in [5, 5.41) is 1.03. The number of aryl methyl sites for hydroxylation is 2. The van der Waals surface area contributed by atoms with E-state index in [0.717, 1.165) is 39.9 Å². The quantitative estimate of drug-likeness (QED) is 0.652. The summed E-state index contributed by atoms with van der Waals surface area (Å²) in [7, 11) is 0. The number of nitrogens with zero attached hydrogens (tertiary/aromatic N) is 1. The maximum atomic E-state index is 12.7. The zero-order valence-corrected chi connectivity index (χ0v) is 15.7. The number of benzene rings is 2. The lowest BCUT2D eigenvalue weighted by Gasteiger charge is -2.30. The number of hydrogen-bond acceptors (Lipinski definition) is 4. The van der Waals surface area contributed by atoms with E-state index in [-0.39, 0.29) is 5.63 Å². The summed E-state index contributed by atoms with van der Waals surface area (Å²) >= 11 is 0. The molecule has 4 nitrogen and oxygen atoms in total. The van der Waals surface area contributed by atoms with Crippen molar-refractivity contribution in [3.63, 3.8) is 0 Å². The molecule has 0 saturated heterocycles. The summed E-state index contributed by atoms with van der Waals surface area (Å²) in [4.78, 5) is 15.1. The fourth-order valence-corrected chi connectivity index (χ4v) is 4.14. The van der Waals surface area contributed by atoms with E-state index in [9.17, 15) is 4.79 Å². The predicted octanol–water partition coefficient (Wildman–Crippen LogP) is 4.31. The van der Waals surface area contributed by atoms with Crippen LogP contribution in [-0.4, -0.2) is 17.7 Å². The molecule has 0 amide bonds. The first-order valence-electron chi connectivity index (χ1n) is 9.61. The Hall–Kier alpha value is -2.59. The van der Waals surface area contributed by atoms with Crippen molar-refractivity contribution in [1.82, 2.24) is 4.90 Å². The molecule has 1 saturated carbocycles. The fourth-order valence-electron chi connectivity index (χ4n) is 4.14. The van der Waals surface area contributed by atoms with Crippen LogP contribution in [0.15, 0.2) is 45.6 Å². The first-order valence-corrected chi connectivity index (χ1v) is 9.61. The zero-order valence-electron chi connectivity index (χ0n) is 15.7. The van der Waals surface area contributed by atoms with Gasteiger partial charge in [0.25, 0.3) is 0 Å². The molecule has 1 aromatic heterocycles. The second-order valence-corrected chi connectivity index (χ2v) is 7.77. The van der Waals surface area contributed by atoms with E-state index in [2.05, 4.69) is 11.0 Å². The zero-order chi connectivity index (χ0) is 18.5. The van der Waals surface area contributed by atoms with E-state index in [1.54, 1.807) is 0 Å². The molecule has 0 unspecified atom stereocenters. The molecule has 2 heterocycles. The van der Waals surface area contributed by atoms with Gasteiger partial charge in [0.2, 0.25) is 0 Å². The number of fused-ring (bicyclic) bond motifs is 2. The fraction of sp³-hybridized carbons (Fsp3) is 0.348. The molecule has 3 aromatic rings. The van der Waals surface area contributed by atoms with Gasteiger partial charge >= 0.3 is 5.63 Å². The summed E-state index contributed by atoms with van der Waals surface area (Å²) in [6, 6.07) is 12.9. The monoisotopic (exact) mass is 361 g/mol. The smallest absolute Gasteiger partial charge is 0.340 e. The third kappa shape index (κ3) is 2.85. The van der Waals surface area contributed by atoms with E-state index >= 15 is 0 Å². The average Bonchev–Trinajstić information content (AvgIpc) is 3.52. The van der Waals surface area contributed by atoms with Crippen LogP contribution in [0.5, 0.6) is 5.75 Å². The molecule has 27 heavy (non-hydrogen) atoms. The van der Waals surface area contributed by atoms with E-state index < -0.39 is 0 Å². The van der Waals surface area contributed by atoms with E-state index in [4.69, 9.17) is 9.15 Å². The summed E-state index contributed by atoms with van der Waals surface area (Å²) in [6.45, 7) is 5.56. The second-order valence-electron chi connectivity index (χ2n) is 7.77. The van der Waals surface area contributed by atoms with Crippen LogP contribution in [0.1, 0.15) is 40.7 Å². The van der Waals surface area contributed by atoms with Crippen LogP contribution in [0.2, 0.25) is 0 Å². The van der Waals surface area contributed by atoms with Gasteiger partial charge in [-0.15, -0.1) is 0 Å². The normalized spacial score (nSPS) is 17.0. The SMILES string of the molecule is Cc1c(Cc2ccccc2)c(=O)oc2c(C)c3c(cc12)CN(C1CC1)CO3. The minimum atomic E-state index is -0.248. The summed E-state index contributed by atoms with van der Waals surface area (Å²) < 4.78 is 11.8. The van der Waals surface area contributed by atoms with Crippen LogP contribution in [-0.2, 0) is 13.0 Å². The molecular weight excluding hydrogens is 338 g/mol. The number of rotatable bonds is 3. The third-order valence-corrected chi connectivity index (χ3v) is 5.87. The van der Waals surface area contributed by atoms with Crippen LogP contribution in [0.3, 0.4) is 0 Å². The Labute approximate surface area is 158 Å². The summed E-state index contributed by atoms with van der Waals surface area (Å²) in [5.41, 5.74) is 5.41. The predicted molar refractivity (Wildman–Crippen MR) is 105 cm³/mol. The van der Waals surface area contributed by atoms with Gasteiger partial charge in [-0.1, -0.05) is 30.3 Å². The lowest BCUT2D eigenvalue weighted by Crippen LogP contribution is -2.34. The van der Waals surface area contributed by atoms with E-state index in [0.29, 0.717) is 24.8 Å². The van der Waals surface area contributed by atoms with Crippen LogP contribution < -0.4 is 10.4 Å². The van der Waals surface area contributed by atoms with E-state index in [1.807, 2.05) is 44.2 Å². The van der Waals surface area contributed by atoms with Gasteiger partial charge in [-0.25, -0.2) is 4.79 Å². The lowest BCUT2D eigenvalue weighted by atomic mass is 9.96. The first kappa shape index (κ1) is 16.6. The van der Waals surface area contributed by atoms with Crippen molar-refractivity contribution in [2.24, 2.45) is 0 Å². The molecule has 4 heteroatoms. The molecule has 0 N–H and O–H groups in total. The molecule has 0 atom stereocenters. The van der Waals surface area contributed by atoms with Crippen LogP contribution in [0.25, 0.3) is 11.0 Å². The minimum absolute atomic E-state index is 0.248. The van der Waals surface area contributed by atoms with Crippen molar-refractivity contribution < 1.29 is 9.15 Å². The molecule has 2 aromatic carbocycles. The Bertz CT molecular complexity index is 1080. The maximum Gasteiger partial charge on any atom is 0.340 e.